The molecule has 13 heavy (non-hydrogen) atoms. The molecular formula is C8H8ClNO3. The van der Waals surface area contributed by atoms with Crippen LogP contribution in [-0.2, 0) is 0 Å². The van der Waals surface area contributed by atoms with Crippen LogP contribution in [0.25, 0.3) is 0 Å². The van der Waals surface area contributed by atoms with Gasteiger partial charge in [-0.05, 0) is 6.07 Å². The molecule has 0 heterocycles. The summed E-state index contributed by atoms with van der Waals surface area (Å²) in [5, 5.41) is 19.8. The molecule has 0 aliphatic rings. The molecule has 0 aliphatic heterocycles. The highest BCUT2D eigenvalue weighted by Crippen LogP contribution is 2.22. The number of nitro groups is 1. The minimum Gasteiger partial charge on any atom is -0.381 e. The van der Waals surface area contributed by atoms with E-state index in [1.165, 1.54) is 0 Å². The quantitative estimate of drug-likeness (QED) is 0.598. The summed E-state index contributed by atoms with van der Waals surface area (Å²) < 4.78 is 0. The molecule has 5 heteroatoms. The maximum atomic E-state index is 10.1. The lowest BCUT2D eigenvalue weighted by Gasteiger charge is -2.07. The molecule has 4 nitrogen and oxygen atoms in total. The fourth-order valence-electron chi connectivity index (χ4n) is 0.985. The molecule has 0 spiro atoms. The predicted octanol–water partition coefficient (Wildman–Crippen LogP) is 1.65. The normalized spacial score (nSPS) is 12.5. The summed E-state index contributed by atoms with van der Waals surface area (Å²) in [5.41, 5.74) is 0.390. The maximum absolute atomic E-state index is 10.1. The first-order valence-corrected chi connectivity index (χ1v) is 4.03. The molecule has 1 N–H and O–H groups in total. The van der Waals surface area contributed by atoms with Crippen LogP contribution in [0, 0.1) is 10.1 Å². The molecule has 1 aromatic rings. The van der Waals surface area contributed by atoms with Gasteiger partial charge in [0.2, 0.25) is 6.54 Å². The van der Waals surface area contributed by atoms with Gasteiger partial charge < -0.3 is 5.11 Å². The molecule has 0 aliphatic carbocycles. The molecule has 0 fully saturated rings. The summed E-state index contributed by atoms with van der Waals surface area (Å²) >= 11 is 5.72. The van der Waals surface area contributed by atoms with Crippen LogP contribution in [-0.4, -0.2) is 16.6 Å². The average Bonchev–Trinajstić information content (AvgIpc) is 2.03. The summed E-state index contributed by atoms with van der Waals surface area (Å²) in [6, 6.07) is 6.52. The van der Waals surface area contributed by atoms with Gasteiger partial charge in [0.15, 0.2) is 0 Å². The summed E-state index contributed by atoms with van der Waals surface area (Å²) in [7, 11) is 0. The van der Waals surface area contributed by atoms with Crippen molar-refractivity contribution in [3.05, 3.63) is 45.0 Å². The number of hydrogen-bond acceptors (Lipinski definition) is 3. The van der Waals surface area contributed by atoms with E-state index in [9.17, 15) is 15.2 Å². The van der Waals surface area contributed by atoms with E-state index in [0.717, 1.165) is 0 Å². The molecule has 70 valence electrons. The van der Waals surface area contributed by atoms with Crippen molar-refractivity contribution in [2.45, 2.75) is 6.10 Å². The van der Waals surface area contributed by atoms with Crippen molar-refractivity contribution in [2.75, 3.05) is 6.54 Å². The fourth-order valence-corrected chi connectivity index (χ4v) is 1.25. The van der Waals surface area contributed by atoms with Crippen molar-refractivity contribution in [3.63, 3.8) is 0 Å². The standard InChI is InChI=1S/C8H8ClNO3/c9-7-4-2-1-3-6(7)8(11)5-10(12)13/h1-4,8,11H,5H2. The first kappa shape index (κ1) is 9.95. The molecule has 1 rings (SSSR count). The second kappa shape index (κ2) is 4.20. The largest absolute Gasteiger partial charge is 0.381 e. The van der Waals surface area contributed by atoms with E-state index in [1.807, 2.05) is 0 Å². The lowest BCUT2D eigenvalue weighted by Crippen LogP contribution is -2.12. The Hall–Kier alpha value is -1.13. The lowest BCUT2D eigenvalue weighted by atomic mass is 10.1. The second-order valence-electron chi connectivity index (χ2n) is 2.55. The first-order chi connectivity index (χ1) is 6.11. The zero-order chi connectivity index (χ0) is 9.84. The van der Waals surface area contributed by atoms with Gasteiger partial charge in [0, 0.05) is 15.5 Å². The van der Waals surface area contributed by atoms with Crippen LogP contribution >= 0.6 is 11.6 Å². The van der Waals surface area contributed by atoms with Gasteiger partial charge in [0.05, 0.1) is 0 Å². The van der Waals surface area contributed by atoms with E-state index < -0.39 is 17.6 Å². The number of aliphatic hydroxyl groups is 1. The van der Waals surface area contributed by atoms with E-state index in [0.29, 0.717) is 10.6 Å². The Bertz CT molecular complexity index is 316. The number of hydrogen-bond donors (Lipinski definition) is 1. The number of benzene rings is 1. The van der Waals surface area contributed by atoms with Gasteiger partial charge in [-0.2, -0.15) is 0 Å². The van der Waals surface area contributed by atoms with Gasteiger partial charge in [0.1, 0.15) is 6.10 Å². The molecule has 1 aromatic carbocycles. The van der Waals surface area contributed by atoms with E-state index in [1.54, 1.807) is 24.3 Å². The third-order valence-corrected chi connectivity index (χ3v) is 1.93. The zero-order valence-electron chi connectivity index (χ0n) is 6.68. The van der Waals surface area contributed by atoms with Crippen molar-refractivity contribution >= 4 is 11.6 Å². The van der Waals surface area contributed by atoms with Crippen LogP contribution in [0.15, 0.2) is 24.3 Å². The Labute approximate surface area is 79.9 Å². The predicted molar refractivity (Wildman–Crippen MR) is 48.3 cm³/mol. The fraction of sp³-hybridized carbons (Fsp3) is 0.250. The Morgan fingerprint density at radius 3 is 2.69 bits per heavy atom. The van der Waals surface area contributed by atoms with E-state index in [4.69, 9.17) is 11.6 Å². The SMILES string of the molecule is O=[N+]([O-])CC(O)c1ccccc1Cl. The van der Waals surface area contributed by atoms with Crippen molar-refractivity contribution in [3.8, 4) is 0 Å². The number of rotatable bonds is 3. The summed E-state index contributed by atoms with van der Waals surface area (Å²) in [4.78, 5) is 9.52. The highest BCUT2D eigenvalue weighted by Gasteiger charge is 2.16. The molecule has 0 aromatic heterocycles. The molecule has 0 amide bonds. The highest BCUT2D eigenvalue weighted by atomic mass is 35.5. The molecule has 0 radical (unpaired) electrons. The molecular weight excluding hydrogens is 194 g/mol. The Morgan fingerprint density at radius 1 is 1.54 bits per heavy atom. The van der Waals surface area contributed by atoms with E-state index in [-0.39, 0.29) is 0 Å². The van der Waals surface area contributed by atoms with E-state index >= 15 is 0 Å². The van der Waals surface area contributed by atoms with Gasteiger partial charge >= 0.3 is 0 Å². The highest BCUT2D eigenvalue weighted by molar-refractivity contribution is 6.31. The smallest absolute Gasteiger partial charge is 0.233 e. The van der Waals surface area contributed by atoms with Crippen molar-refractivity contribution in [2.24, 2.45) is 0 Å². The average molecular weight is 202 g/mol. The van der Waals surface area contributed by atoms with Crippen LogP contribution in [0.4, 0.5) is 0 Å². The third-order valence-electron chi connectivity index (χ3n) is 1.59. The monoisotopic (exact) mass is 201 g/mol. The minimum absolute atomic E-state index is 0.344. The number of nitrogens with zero attached hydrogens (tertiary/aromatic N) is 1. The van der Waals surface area contributed by atoms with Gasteiger partial charge in [-0.15, -0.1) is 0 Å². The molecule has 1 atom stereocenters. The molecule has 0 saturated heterocycles. The summed E-state index contributed by atoms with van der Waals surface area (Å²) in [5.74, 6) is 0. The topological polar surface area (TPSA) is 63.4 Å². The molecule has 1 unspecified atom stereocenters. The van der Waals surface area contributed by atoms with Crippen molar-refractivity contribution in [1.29, 1.82) is 0 Å². The van der Waals surface area contributed by atoms with Crippen LogP contribution < -0.4 is 0 Å². The summed E-state index contributed by atoms with van der Waals surface area (Å²) in [6.07, 6.45) is -1.14. The van der Waals surface area contributed by atoms with Crippen molar-refractivity contribution in [1.82, 2.24) is 0 Å². The first-order valence-electron chi connectivity index (χ1n) is 3.65. The maximum Gasteiger partial charge on any atom is 0.233 e. The van der Waals surface area contributed by atoms with Crippen LogP contribution in [0.2, 0.25) is 5.02 Å². The van der Waals surface area contributed by atoms with Gasteiger partial charge in [-0.3, -0.25) is 10.1 Å². The second-order valence-corrected chi connectivity index (χ2v) is 2.96. The lowest BCUT2D eigenvalue weighted by molar-refractivity contribution is -0.491. The Balaban J connectivity index is 2.82. The Kier molecular flexibility index (Phi) is 3.22. The molecule has 0 bridgehead atoms. The third kappa shape index (κ3) is 2.68. The summed E-state index contributed by atoms with van der Waals surface area (Å²) in [6.45, 7) is -0.524. The number of halogens is 1. The Morgan fingerprint density at radius 2 is 2.15 bits per heavy atom. The van der Waals surface area contributed by atoms with Crippen molar-refractivity contribution < 1.29 is 10.0 Å². The van der Waals surface area contributed by atoms with Gasteiger partial charge in [-0.1, -0.05) is 29.8 Å². The van der Waals surface area contributed by atoms with E-state index in [2.05, 4.69) is 0 Å². The molecule has 0 saturated carbocycles. The van der Waals surface area contributed by atoms with Crippen LogP contribution in [0.1, 0.15) is 11.7 Å². The minimum atomic E-state index is -1.14. The van der Waals surface area contributed by atoms with Gasteiger partial charge in [0.25, 0.3) is 0 Å². The van der Waals surface area contributed by atoms with Crippen LogP contribution in [0.5, 0.6) is 0 Å². The zero-order valence-corrected chi connectivity index (χ0v) is 7.44. The van der Waals surface area contributed by atoms with Gasteiger partial charge in [-0.25, -0.2) is 0 Å². The number of aliphatic hydroxyl groups excluding tert-OH is 1. The van der Waals surface area contributed by atoms with Crippen LogP contribution in [0.3, 0.4) is 0 Å².